The summed E-state index contributed by atoms with van der Waals surface area (Å²) in [6.45, 7) is -0.209. The third-order valence-corrected chi connectivity index (χ3v) is 4.84. The fourth-order valence-corrected chi connectivity index (χ4v) is 3.46. The summed E-state index contributed by atoms with van der Waals surface area (Å²) >= 11 is 8.96. The summed E-state index contributed by atoms with van der Waals surface area (Å²) < 4.78 is 35.2. The monoisotopic (exact) mass is 406 g/mol. The van der Waals surface area contributed by atoms with E-state index in [1.165, 1.54) is 37.4 Å². The first-order chi connectivity index (χ1) is 10.4. The lowest BCUT2D eigenvalue weighted by Gasteiger charge is -2.13. The van der Waals surface area contributed by atoms with Crippen molar-refractivity contribution in [2.45, 2.75) is 11.5 Å². The Morgan fingerprint density at radius 2 is 1.86 bits per heavy atom. The van der Waals surface area contributed by atoms with Gasteiger partial charge in [0.1, 0.15) is 4.90 Å². The summed E-state index contributed by atoms with van der Waals surface area (Å²) in [5, 5.41) is 9.58. The van der Waals surface area contributed by atoms with Crippen molar-refractivity contribution in [3.8, 4) is 11.5 Å². The van der Waals surface area contributed by atoms with Crippen molar-refractivity contribution in [1.82, 2.24) is 0 Å². The van der Waals surface area contributed by atoms with Gasteiger partial charge in [0.2, 0.25) is 0 Å². The van der Waals surface area contributed by atoms with Gasteiger partial charge in [-0.05, 0) is 57.9 Å². The van der Waals surface area contributed by atoms with Crippen LogP contribution in [0.1, 0.15) is 5.56 Å². The van der Waals surface area contributed by atoms with Crippen molar-refractivity contribution in [2.75, 3.05) is 7.11 Å². The molecule has 0 heterocycles. The van der Waals surface area contributed by atoms with Crippen LogP contribution in [0.15, 0.2) is 45.8 Å². The first-order valence-electron chi connectivity index (χ1n) is 6.04. The van der Waals surface area contributed by atoms with Crippen molar-refractivity contribution in [2.24, 2.45) is 0 Å². The van der Waals surface area contributed by atoms with Crippen LogP contribution >= 0.6 is 27.5 Å². The lowest BCUT2D eigenvalue weighted by Crippen LogP contribution is -2.11. The quantitative estimate of drug-likeness (QED) is 0.769. The highest BCUT2D eigenvalue weighted by atomic mass is 79.9. The van der Waals surface area contributed by atoms with E-state index in [4.69, 9.17) is 25.6 Å². The molecule has 118 valence electrons. The Labute approximate surface area is 141 Å². The normalized spacial score (nSPS) is 11.3. The third kappa shape index (κ3) is 3.73. The molecule has 0 aliphatic carbocycles. The van der Waals surface area contributed by atoms with Crippen molar-refractivity contribution < 1.29 is 22.4 Å². The summed E-state index contributed by atoms with van der Waals surface area (Å²) in [6.07, 6.45) is 0. The lowest BCUT2D eigenvalue weighted by atomic mass is 10.2. The molecule has 22 heavy (non-hydrogen) atoms. The van der Waals surface area contributed by atoms with Crippen LogP contribution in [0.5, 0.6) is 11.5 Å². The van der Waals surface area contributed by atoms with Crippen molar-refractivity contribution in [3.63, 3.8) is 0 Å². The van der Waals surface area contributed by atoms with Crippen molar-refractivity contribution in [1.29, 1.82) is 0 Å². The van der Waals surface area contributed by atoms with E-state index < -0.39 is 10.1 Å². The Kier molecular flexibility index (Phi) is 5.33. The maximum absolute atomic E-state index is 12.3. The number of benzene rings is 2. The van der Waals surface area contributed by atoms with E-state index in [1.807, 2.05) is 0 Å². The average Bonchev–Trinajstić information content (AvgIpc) is 2.49. The molecule has 0 aliphatic heterocycles. The van der Waals surface area contributed by atoms with E-state index in [0.29, 0.717) is 15.1 Å². The van der Waals surface area contributed by atoms with Crippen LogP contribution in [0.4, 0.5) is 0 Å². The van der Waals surface area contributed by atoms with E-state index >= 15 is 0 Å². The Morgan fingerprint density at radius 3 is 2.41 bits per heavy atom. The second-order valence-electron chi connectivity index (χ2n) is 4.26. The van der Waals surface area contributed by atoms with Gasteiger partial charge in [0.15, 0.2) is 11.5 Å². The van der Waals surface area contributed by atoms with Gasteiger partial charge in [-0.2, -0.15) is 8.42 Å². The third-order valence-electron chi connectivity index (χ3n) is 2.77. The summed E-state index contributed by atoms with van der Waals surface area (Å²) in [6, 6.07) is 8.66. The smallest absolute Gasteiger partial charge is 0.339 e. The molecule has 0 aliphatic rings. The van der Waals surface area contributed by atoms with E-state index in [2.05, 4.69) is 15.9 Å². The standard InChI is InChI=1S/C14H12BrClO5S/c1-20-13-7-9(8-17)6-12(15)14(13)21-22(18,19)11-4-2-10(16)3-5-11/h2-7,17H,8H2,1H3. The number of ether oxygens (including phenoxy) is 1. The highest BCUT2D eigenvalue weighted by molar-refractivity contribution is 9.10. The molecule has 0 atom stereocenters. The molecule has 8 heteroatoms. The molecule has 0 amide bonds. The molecule has 2 aromatic rings. The predicted octanol–water partition coefficient (Wildman–Crippen LogP) is 3.37. The first-order valence-corrected chi connectivity index (χ1v) is 8.62. The topological polar surface area (TPSA) is 72.8 Å². The number of hydrogen-bond donors (Lipinski definition) is 1. The number of methoxy groups -OCH3 is 1. The van der Waals surface area contributed by atoms with E-state index in [1.54, 1.807) is 6.07 Å². The molecule has 0 unspecified atom stereocenters. The summed E-state index contributed by atoms with van der Waals surface area (Å²) in [7, 11) is -2.66. The lowest BCUT2D eigenvalue weighted by molar-refractivity contribution is 0.280. The van der Waals surface area contributed by atoms with Crippen molar-refractivity contribution >= 4 is 37.6 Å². The molecule has 5 nitrogen and oxygen atoms in total. The number of aliphatic hydroxyl groups excluding tert-OH is 1. The van der Waals surface area contributed by atoms with Gasteiger partial charge in [-0.3, -0.25) is 0 Å². The van der Waals surface area contributed by atoms with Crippen LogP contribution in [-0.4, -0.2) is 20.6 Å². The second kappa shape index (κ2) is 6.87. The average molecular weight is 408 g/mol. The Balaban J connectivity index is 2.43. The highest BCUT2D eigenvalue weighted by Gasteiger charge is 2.21. The molecular weight excluding hydrogens is 396 g/mol. The maximum Gasteiger partial charge on any atom is 0.339 e. The van der Waals surface area contributed by atoms with Gasteiger partial charge in [0.25, 0.3) is 0 Å². The van der Waals surface area contributed by atoms with E-state index in [9.17, 15) is 8.42 Å². The summed E-state index contributed by atoms with van der Waals surface area (Å²) in [4.78, 5) is -0.0305. The van der Waals surface area contributed by atoms with Gasteiger partial charge in [-0.15, -0.1) is 0 Å². The SMILES string of the molecule is COc1cc(CO)cc(Br)c1OS(=O)(=O)c1ccc(Cl)cc1. The van der Waals surface area contributed by atoms with Gasteiger partial charge < -0.3 is 14.0 Å². The van der Waals surface area contributed by atoms with Crippen LogP contribution in [0.3, 0.4) is 0 Å². The van der Waals surface area contributed by atoms with Crippen molar-refractivity contribution in [3.05, 3.63) is 51.5 Å². The molecule has 0 radical (unpaired) electrons. The zero-order valence-electron chi connectivity index (χ0n) is 11.4. The molecule has 0 spiro atoms. The zero-order chi connectivity index (χ0) is 16.3. The first kappa shape index (κ1) is 17.1. The van der Waals surface area contributed by atoms with Crippen LogP contribution in [0.25, 0.3) is 0 Å². The highest BCUT2D eigenvalue weighted by Crippen LogP contribution is 2.38. The Morgan fingerprint density at radius 1 is 1.23 bits per heavy atom. The molecule has 0 saturated carbocycles. The number of aliphatic hydroxyl groups is 1. The predicted molar refractivity (Wildman–Crippen MR) is 85.9 cm³/mol. The van der Waals surface area contributed by atoms with Gasteiger partial charge in [-0.1, -0.05) is 11.6 Å². The maximum atomic E-state index is 12.3. The summed E-state index contributed by atoms with van der Waals surface area (Å²) in [5.41, 5.74) is 0.556. The minimum Gasteiger partial charge on any atom is -0.493 e. The molecule has 0 saturated heterocycles. The molecular formula is C14H12BrClO5S. The fourth-order valence-electron chi connectivity index (χ4n) is 1.70. The number of rotatable bonds is 5. The minimum atomic E-state index is -4.04. The Bertz CT molecular complexity index is 775. The van der Waals surface area contributed by atoms with E-state index in [0.717, 1.165) is 0 Å². The van der Waals surface area contributed by atoms with Gasteiger partial charge in [0.05, 0.1) is 18.2 Å². The van der Waals surface area contributed by atoms with Crippen LogP contribution in [0.2, 0.25) is 5.02 Å². The molecule has 2 aromatic carbocycles. The largest absolute Gasteiger partial charge is 0.493 e. The molecule has 0 fully saturated rings. The zero-order valence-corrected chi connectivity index (χ0v) is 14.6. The summed E-state index contributed by atoms with van der Waals surface area (Å²) in [5.74, 6) is 0.200. The van der Waals surface area contributed by atoms with Gasteiger partial charge >= 0.3 is 10.1 Å². The van der Waals surface area contributed by atoms with E-state index in [-0.39, 0.29) is 23.0 Å². The minimum absolute atomic E-state index is 0.00894. The van der Waals surface area contributed by atoms with Crippen LogP contribution < -0.4 is 8.92 Å². The number of halogens is 2. The van der Waals surface area contributed by atoms with Gasteiger partial charge in [0, 0.05) is 5.02 Å². The molecule has 0 aromatic heterocycles. The van der Waals surface area contributed by atoms with Gasteiger partial charge in [-0.25, -0.2) is 0 Å². The second-order valence-corrected chi connectivity index (χ2v) is 7.10. The molecule has 0 bridgehead atoms. The van der Waals surface area contributed by atoms with Crippen LogP contribution in [-0.2, 0) is 16.7 Å². The molecule has 1 N–H and O–H groups in total. The Hall–Kier alpha value is -1.28. The van der Waals surface area contributed by atoms with Crippen LogP contribution in [0, 0.1) is 0 Å². The fraction of sp³-hybridized carbons (Fsp3) is 0.143. The number of hydrogen-bond acceptors (Lipinski definition) is 5. The molecule has 2 rings (SSSR count).